The summed E-state index contributed by atoms with van der Waals surface area (Å²) in [5.41, 5.74) is 0. The number of amides is 2. The van der Waals surface area contributed by atoms with E-state index in [9.17, 15) is 9.59 Å². The summed E-state index contributed by atoms with van der Waals surface area (Å²) in [4.78, 5) is 27.6. The van der Waals surface area contributed by atoms with Crippen molar-refractivity contribution in [2.24, 2.45) is 5.16 Å². The highest BCUT2D eigenvalue weighted by atomic mass is 32.2. The van der Waals surface area contributed by atoms with Crippen molar-refractivity contribution < 1.29 is 14.4 Å². The van der Waals surface area contributed by atoms with E-state index >= 15 is 0 Å². The lowest BCUT2D eigenvalue weighted by atomic mass is 10.6. The summed E-state index contributed by atoms with van der Waals surface area (Å²) in [6, 6.07) is 0. The van der Waals surface area contributed by atoms with E-state index in [1.165, 1.54) is 23.7 Å². The van der Waals surface area contributed by atoms with Crippen LogP contribution in [0.4, 0.5) is 4.79 Å². The minimum Gasteiger partial charge on any atom is -0.330 e. The highest BCUT2D eigenvalue weighted by Crippen LogP contribution is 2.16. The van der Waals surface area contributed by atoms with Crippen molar-refractivity contribution >= 4 is 28.8 Å². The second-order valence-corrected chi connectivity index (χ2v) is 3.24. The van der Waals surface area contributed by atoms with Gasteiger partial charge in [-0.05, 0) is 0 Å². The molecule has 1 heterocycles. The Morgan fingerprint density at radius 3 is 2.92 bits per heavy atom. The summed E-state index contributed by atoms with van der Waals surface area (Å²) < 4.78 is 0. The molecule has 0 aromatic rings. The van der Waals surface area contributed by atoms with Crippen LogP contribution in [0.2, 0.25) is 0 Å². The van der Waals surface area contributed by atoms with Gasteiger partial charge in [-0.1, -0.05) is 16.9 Å². The zero-order valence-corrected chi connectivity index (χ0v) is 8.05. The molecule has 1 aliphatic rings. The summed E-state index contributed by atoms with van der Waals surface area (Å²) in [5.74, 6) is 0.309. The van der Waals surface area contributed by atoms with Crippen LogP contribution in [0.3, 0.4) is 0 Å². The molecule has 1 saturated heterocycles. The fourth-order valence-corrected chi connectivity index (χ4v) is 1.44. The Morgan fingerprint density at radius 2 is 2.46 bits per heavy atom. The molecule has 7 heteroatoms. The van der Waals surface area contributed by atoms with Gasteiger partial charge in [0, 0.05) is 14.1 Å². The van der Waals surface area contributed by atoms with Crippen LogP contribution in [-0.4, -0.2) is 41.9 Å². The summed E-state index contributed by atoms with van der Waals surface area (Å²) >= 11 is 1.23. The van der Waals surface area contributed by atoms with Crippen molar-refractivity contribution in [1.82, 2.24) is 10.2 Å². The number of carbonyl (C=O) groups is 2. The summed E-state index contributed by atoms with van der Waals surface area (Å²) in [5, 5.41) is 5.81. The van der Waals surface area contributed by atoms with E-state index in [1.807, 2.05) is 0 Å². The van der Waals surface area contributed by atoms with Gasteiger partial charge in [-0.3, -0.25) is 9.63 Å². The average molecular weight is 203 g/mol. The van der Waals surface area contributed by atoms with Crippen LogP contribution in [0.5, 0.6) is 0 Å². The third-order valence-corrected chi connectivity index (χ3v) is 2.38. The van der Waals surface area contributed by atoms with Crippen LogP contribution >= 0.6 is 11.8 Å². The molecule has 1 aliphatic heterocycles. The molecule has 2 amide bonds. The SMILES string of the molecule is CNC(=O)O/N=C1/SCN(C)C1=O. The van der Waals surface area contributed by atoms with Crippen LogP contribution in [0.15, 0.2) is 5.16 Å². The van der Waals surface area contributed by atoms with E-state index in [-0.39, 0.29) is 11.0 Å². The van der Waals surface area contributed by atoms with Gasteiger partial charge >= 0.3 is 6.09 Å². The fraction of sp³-hybridized carbons (Fsp3) is 0.500. The fourth-order valence-electron chi connectivity index (χ4n) is 0.636. The zero-order chi connectivity index (χ0) is 9.84. The van der Waals surface area contributed by atoms with Crippen LogP contribution in [0.25, 0.3) is 0 Å². The van der Waals surface area contributed by atoms with E-state index in [0.29, 0.717) is 5.88 Å². The molecular formula is C6H9N3O3S. The molecule has 1 N–H and O–H groups in total. The summed E-state index contributed by atoms with van der Waals surface area (Å²) in [6.07, 6.45) is -0.685. The second-order valence-electron chi connectivity index (χ2n) is 2.30. The van der Waals surface area contributed by atoms with E-state index in [4.69, 9.17) is 0 Å². The molecule has 6 nitrogen and oxygen atoms in total. The summed E-state index contributed by atoms with van der Waals surface area (Å²) in [6.45, 7) is 0. The largest absolute Gasteiger partial charge is 0.433 e. The molecular weight excluding hydrogens is 194 g/mol. The topological polar surface area (TPSA) is 71.0 Å². The Kier molecular flexibility index (Phi) is 3.13. The van der Waals surface area contributed by atoms with Gasteiger partial charge in [0.1, 0.15) is 0 Å². The average Bonchev–Trinajstić information content (AvgIpc) is 2.44. The molecule has 0 radical (unpaired) electrons. The van der Waals surface area contributed by atoms with Crippen LogP contribution in [-0.2, 0) is 9.63 Å². The lowest BCUT2D eigenvalue weighted by molar-refractivity contribution is -0.121. The molecule has 0 aromatic heterocycles. The predicted molar refractivity (Wildman–Crippen MR) is 48.2 cm³/mol. The van der Waals surface area contributed by atoms with Crippen molar-refractivity contribution in [3.05, 3.63) is 0 Å². The number of carbonyl (C=O) groups excluding carboxylic acids is 2. The van der Waals surface area contributed by atoms with Crippen molar-refractivity contribution in [3.8, 4) is 0 Å². The third-order valence-electron chi connectivity index (χ3n) is 1.34. The molecule has 0 aliphatic carbocycles. The zero-order valence-electron chi connectivity index (χ0n) is 7.23. The Morgan fingerprint density at radius 1 is 1.77 bits per heavy atom. The lowest BCUT2D eigenvalue weighted by Gasteiger charge is -2.01. The first-order valence-electron chi connectivity index (χ1n) is 3.50. The smallest absolute Gasteiger partial charge is 0.330 e. The first-order chi connectivity index (χ1) is 6.15. The van der Waals surface area contributed by atoms with Gasteiger partial charge < -0.3 is 10.2 Å². The van der Waals surface area contributed by atoms with E-state index < -0.39 is 6.09 Å². The number of nitrogens with one attached hydrogen (secondary N) is 1. The quantitative estimate of drug-likeness (QED) is 0.474. The van der Waals surface area contributed by atoms with Gasteiger partial charge in [0.25, 0.3) is 5.91 Å². The van der Waals surface area contributed by atoms with Crippen molar-refractivity contribution in [1.29, 1.82) is 0 Å². The molecule has 0 aromatic carbocycles. The normalized spacial score (nSPS) is 19.4. The van der Waals surface area contributed by atoms with E-state index in [2.05, 4.69) is 15.3 Å². The minimum atomic E-state index is -0.685. The van der Waals surface area contributed by atoms with E-state index in [0.717, 1.165) is 0 Å². The molecule has 72 valence electrons. The molecule has 0 bridgehead atoms. The Hall–Kier alpha value is -1.24. The maximum absolute atomic E-state index is 11.2. The van der Waals surface area contributed by atoms with Crippen LogP contribution in [0.1, 0.15) is 0 Å². The maximum Gasteiger partial charge on any atom is 0.433 e. The standard InChI is InChI=1S/C6H9N3O3S/c1-7-6(11)12-8-4-5(10)9(2)3-13-4/h3H2,1-2H3,(H,7,11)/b8-4+. The molecule has 0 unspecified atom stereocenters. The highest BCUT2D eigenvalue weighted by molar-refractivity contribution is 8.16. The van der Waals surface area contributed by atoms with Gasteiger partial charge in [0.15, 0.2) is 0 Å². The molecule has 1 fully saturated rings. The number of hydrogen-bond donors (Lipinski definition) is 1. The number of hydrogen-bond acceptors (Lipinski definition) is 5. The molecule has 1 rings (SSSR count). The van der Waals surface area contributed by atoms with Crippen molar-refractivity contribution in [2.75, 3.05) is 20.0 Å². The van der Waals surface area contributed by atoms with Crippen molar-refractivity contribution in [3.63, 3.8) is 0 Å². The Balaban J connectivity index is 2.53. The minimum absolute atomic E-state index is 0.200. The second kappa shape index (κ2) is 4.13. The molecule has 0 saturated carbocycles. The number of rotatable bonds is 1. The number of thioether (sulfide) groups is 1. The van der Waals surface area contributed by atoms with Crippen molar-refractivity contribution in [2.45, 2.75) is 0 Å². The van der Waals surface area contributed by atoms with Gasteiger partial charge in [-0.25, -0.2) is 4.79 Å². The predicted octanol–water partition coefficient (Wildman–Crippen LogP) is -0.181. The summed E-state index contributed by atoms with van der Waals surface area (Å²) in [7, 11) is 3.07. The van der Waals surface area contributed by atoms with Gasteiger partial charge in [-0.2, -0.15) is 0 Å². The maximum atomic E-state index is 11.2. The third kappa shape index (κ3) is 2.35. The van der Waals surface area contributed by atoms with E-state index in [1.54, 1.807) is 7.05 Å². The lowest BCUT2D eigenvalue weighted by Crippen LogP contribution is -2.23. The Labute approximate surface area is 79.3 Å². The molecule has 0 atom stereocenters. The monoisotopic (exact) mass is 203 g/mol. The number of oxime groups is 1. The van der Waals surface area contributed by atoms with Crippen LogP contribution < -0.4 is 5.32 Å². The first-order valence-corrected chi connectivity index (χ1v) is 4.48. The van der Waals surface area contributed by atoms with Gasteiger partial charge in [0.05, 0.1) is 5.88 Å². The number of nitrogens with zero attached hydrogens (tertiary/aromatic N) is 2. The first kappa shape index (κ1) is 9.85. The van der Waals surface area contributed by atoms with Crippen LogP contribution in [0, 0.1) is 0 Å². The highest BCUT2D eigenvalue weighted by Gasteiger charge is 2.26. The van der Waals surface area contributed by atoms with Gasteiger partial charge in [0.2, 0.25) is 5.04 Å². The van der Waals surface area contributed by atoms with Gasteiger partial charge in [-0.15, -0.1) is 0 Å². The molecule has 0 spiro atoms. The Bertz CT molecular complexity index is 266. The molecule has 13 heavy (non-hydrogen) atoms.